The Kier molecular flexibility index (Phi) is 3.77. The highest BCUT2D eigenvalue weighted by Gasteiger charge is 2.50. The fourth-order valence-electron chi connectivity index (χ4n) is 2.09. The lowest BCUT2D eigenvalue weighted by atomic mass is 9.85. The lowest BCUT2D eigenvalue weighted by Crippen LogP contribution is -2.41. The van der Waals surface area contributed by atoms with Crippen LogP contribution in [-0.2, 0) is 9.31 Å². The second-order valence-corrected chi connectivity index (χ2v) is 6.17. The quantitative estimate of drug-likeness (QED) is 0.770. The Balaban J connectivity index is 2.22. The smallest absolute Gasteiger partial charge is 0.400 e. The van der Waals surface area contributed by atoms with Crippen molar-refractivity contribution in [2.24, 2.45) is 0 Å². The van der Waals surface area contributed by atoms with Gasteiger partial charge in [-0.1, -0.05) is 23.7 Å². The van der Waals surface area contributed by atoms with Crippen molar-refractivity contribution >= 4 is 12.7 Å². The summed E-state index contributed by atoms with van der Waals surface area (Å²) in [6.07, 6.45) is 0. The highest BCUT2D eigenvalue weighted by molar-refractivity contribution is 6.53. The zero-order valence-electron chi connectivity index (χ0n) is 12.7. The van der Waals surface area contributed by atoms with E-state index in [1.165, 1.54) is 0 Å². The number of benzene rings is 1. The fourth-order valence-corrected chi connectivity index (χ4v) is 2.09. The van der Waals surface area contributed by atoms with Gasteiger partial charge in [0, 0.05) is 0 Å². The summed E-state index contributed by atoms with van der Waals surface area (Å²) in [5.41, 5.74) is 2.05. The SMILES string of the molecule is CC(=CB1OC(C)(C)C(C)(C)O1)c1cccc(C#N)c1. The molecule has 0 saturated carbocycles. The molecule has 1 saturated heterocycles. The van der Waals surface area contributed by atoms with E-state index in [0.29, 0.717) is 5.56 Å². The van der Waals surface area contributed by atoms with Crippen molar-refractivity contribution in [1.82, 2.24) is 0 Å². The van der Waals surface area contributed by atoms with Crippen molar-refractivity contribution in [2.45, 2.75) is 45.8 Å². The van der Waals surface area contributed by atoms with Crippen molar-refractivity contribution in [1.29, 1.82) is 5.26 Å². The van der Waals surface area contributed by atoms with E-state index >= 15 is 0 Å². The number of allylic oxidation sites excluding steroid dienone is 1. The zero-order chi connectivity index (χ0) is 15.0. The highest BCUT2D eigenvalue weighted by atomic mass is 16.7. The van der Waals surface area contributed by atoms with Gasteiger partial charge >= 0.3 is 7.12 Å². The monoisotopic (exact) mass is 269 g/mol. The van der Waals surface area contributed by atoms with E-state index in [2.05, 4.69) is 6.07 Å². The molecular weight excluding hydrogens is 249 g/mol. The van der Waals surface area contributed by atoms with Gasteiger partial charge < -0.3 is 9.31 Å². The van der Waals surface area contributed by atoms with Gasteiger partial charge in [-0.05, 0) is 52.3 Å². The average molecular weight is 269 g/mol. The van der Waals surface area contributed by atoms with Gasteiger partial charge in [0.25, 0.3) is 0 Å². The third-order valence-electron chi connectivity index (χ3n) is 4.10. The molecule has 1 aromatic carbocycles. The zero-order valence-corrected chi connectivity index (χ0v) is 12.7. The van der Waals surface area contributed by atoms with Crippen LogP contribution in [0.15, 0.2) is 30.2 Å². The Bertz CT molecular complexity index is 568. The minimum Gasteiger partial charge on any atom is -0.400 e. The van der Waals surface area contributed by atoms with E-state index in [0.717, 1.165) is 11.1 Å². The van der Waals surface area contributed by atoms with Crippen molar-refractivity contribution in [3.8, 4) is 6.07 Å². The Morgan fingerprint density at radius 3 is 2.35 bits per heavy atom. The van der Waals surface area contributed by atoms with E-state index in [9.17, 15) is 0 Å². The van der Waals surface area contributed by atoms with E-state index in [4.69, 9.17) is 14.6 Å². The van der Waals surface area contributed by atoms with Crippen molar-refractivity contribution in [3.05, 3.63) is 41.4 Å². The van der Waals surface area contributed by atoms with Crippen LogP contribution < -0.4 is 0 Å². The van der Waals surface area contributed by atoms with Crippen LogP contribution in [0.4, 0.5) is 0 Å². The first kappa shape index (κ1) is 14.8. The normalized spacial score (nSPS) is 20.8. The molecule has 1 heterocycles. The molecular formula is C16H20BNO2. The third-order valence-corrected chi connectivity index (χ3v) is 4.10. The molecule has 1 fully saturated rings. The molecule has 0 amide bonds. The van der Waals surface area contributed by atoms with Crippen molar-refractivity contribution in [3.63, 3.8) is 0 Å². The van der Waals surface area contributed by atoms with Crippen LogP contribution in [0.25, 0.3) is 5.57 Å². The summed E-state index contributed by atoms with van der Waals surface area (Å²) in [6.45, 7) is 10.1. The lowest BCUT2D eigenvalue weighted by Gasteiger charge is -2.32. The number of rotatable bonds is 2. The summed E-state index contributed by atoms with van der Waals surface area (Å²) in [4.78, 5) is 0. The molecule has 2 rings (SSSR count). The fraction of sp³-hybridized carbons (Fsp3) is 0.438. The van der Waals surface area contributed by atoms with Gasteiger partial charge in [0.15, 0.2) is 0 Å². The molecule has 0 aliphatic carbocycles. The van der Waals surface area contributed by atoms with Crippen molar-refractivity contribution in [2.75, 3.05) is 0 Å². The van der Waals surface area contributed by atoms with Gasteiger partial charge in [0.1, 0.15) is 0 Å². The Morgan fingerprint density at radius 1 is 1.20 bits per heavy atom. The van der Waals surface area contributed by atoms with E-state index in [-0.39, 0.29) is 18.3 Å². The van der Waals surface area contributed by atoms with Crippen LogP contribution in [0.2, 0.25) is 0 Å². The van der Waals surface area contributed by atoms with Crippen molar-refractivity contribution < 1.29 is 9.31 Å². The molecule has 0 atom stereocenters. The molecule has 0 spiro atoms. The number of hydrogen-bond acceptors (Lipinski definition) is 3. The number of nitrogens with zero attached hydrogens (tertiary/aromatic N) is 1. The summed E-state index contributed by atoms with van der Waals surface area (Å²) in [5, 5.41) is 8.95. The predicted molar refractivity (Wildman–Crippen MR) is 80.9 cm³/mol. The minimum atomic E-state index is -0.356. The highest BCUT2D eigenvalue weighted by Crippen LogP contribution is 2.37. The molecule has 20 heavy (non-hydrogen) atoms. The summed E-state index contributed by atoms with van der Waals surface area (Å²) < 4.78 is 11.9. The molecule has 0 bridgehead atoms. The van der Waals surface area contributed by atoms with Crippen LogP contribution in [0, 0.1) is 11.3 Å². The van der Waals surface area contributed by atoms with Crippen LogP contribution in [0.1, 0.15) is 45.7 Å². The molecule has 104 valence electrons. The van der Waals surface area contributed by atoms with Gasteiger partial charge in [-0.3, -0.25) is 0 Å². The predicted octanol–water partition coefficient (Wildman–Crippen LogP) is 3.59. The molecule has 4 heteroatoms. The van der Waals surface area contributed by atoms with Gasteiger partial charge in [-0.25, -0.2) is 0 Å². The van der Waals surface area contributed by atoms with Gasteiger partial charge in [0.05, 0.1) is 22.8 Å². The van der Waals surface area contributed by atoms with Gasteiger partial charge in [-0.2, -0.15) is 5.26 Å². The van der Waals surface area contributed by atoms with Gasteiger partial charge in [-0.15, -0.1) is 0 Å². The largest absolute Gasteiger partial charge is 0.487 e. The molecule has 1 aliphatic heterocycles. The molecule has 0 radical (unpaired) electrons. The molecule has 3 nitrogen and oxygen atoms in total. The van der Waals surface area contributed by atoms with Crippen LogP contribution in [-0.4, -0.2) is 18.3 Å². The maximum atomic E-state index is 8.95. The maximum absolute atomic E-state index is 8.95. The van der Waals surface area contributed by atoms with Crippen LogP contribution in [0.3, 0.4) is 0 Å². The summed E-state index contributed by atoms with van der Waals surface area (Å²) in [5.74, 6) is 1.97. The molecule has 1 aliphatic rings. The maximum Gasteiger partial charge on any atom is 0.487 e. The Hall–Kier alpha value is -1.57. The second kappa shape index (κ2) is 5.08. The third kappa shape index (κ3) is 2.79. The van der Waals surface area contributed by atoms with E-state index < -0.39 is 0 Å². The van der Waals surface area contributed by atoms with E-state index in [1.807, 2.05) is 58.8 Å². The number of nitriles is 1. The summed E-state index contributed by atoms with van der Waals surface area (Å²) in [6, 6.07) is 9.69. The first-order chi connectivity index (χ1) is 9.25. The first-order valence-corrected chi connectivity index (χ1v) is 6.80. The molecule has 0 unspecified atom stereocenters. The standard InChI is InChI=1S/C16H20BNO2/c1-12(14-8-6-7-13(9-14)11-18)10-17-19-15(2,3)16(4,5)20-17/h6-10H,1-5H3. The van der Waals surface area contributed by atoms with Crippen LogP contribution >= 0.6 is 0 Å². The Labute approximate surface area is 121 Å². The first-order valence-electron chi connectivity index (χ1n) is 6.80. The molecule has 0 N–H and O–H groups in total. The topological polar surface area (TPSA) is 42.2 Å². The summed E-state index contributed by atoms with van der Waals surface area (Å²) >= 11 is 0. The van der Waals surface area contributed by atoms with Gasteiger partial charge in [0.2, 0.25) is 0 Å². The summed E-state index contributed by atoms with van der Waals surface area (Å²) in [7, 11) is -0.356. The van der Waals surface area contributed by atoms with Crippen LogP contribution in [0.5, 0.6) is 0 Å². The Morgan fingerprint density at radius 2 is 1.80 bits per heavy atom. The minimum absolute atomic E-state index is 0.330. The lowest BCUT2D eigenvalue weighted by molar-refractivity contribution is 0.00578. The van der Waals surface area contributed by atoms with E-state index in [1.54, 1.807) is 6.07 Å². The molecule has 1 aromatic rings. The second-order valence-electron chi connectivity index (χ2n) is 6.17. The average Bonchev–Trinajstić information content (AvgIpc) is 2.57. The number of hydrogen-bond donors (Lipinski definition) is 0. The molecule has 0 aromatic heterocycles.